The minimum Gasteiger partial charge on any atom is -0.415 e. The first-order chi connectivity index (χ1) is 11.7. The van der Waals surface area contributed by atoms with Crippen LogP contribution in [0.4, 0.5) is 0 Å². The SMILES string of the molecule is C[Si](C)(OCc1ccc(Br)cc1)O[Si](C)(C)OCc1ccc(Br)cc1. The fourth-order valence-corrected chi connectivity index (χ4v) is 9.09. The minimum atomic E-state index is -2.26. The zero-order chi connectivity index (χ0) is 18.5. The van der Waals surface area contributed by atoms with E-state index in [9.17, 15) is 0 Å². The van der Waals surface area contributed by atoms with E-state index in [1.165, 1.54) is 0 Å². The van der Waals surface area contributed by atoms with Crippen molar-refractivity contribution in [1.29, 1.82) is 0 Å². The first-order valence-electron chi connectivity index (χ1n) is 8.12. The lowest BCUT2D eigenvalue weighted by Gasteiger charge is -2.32. The van der Waals surface area contributed by atoms with Gasteiger partial charge in [-0.15, -0.1) is 0 Å². The summed E-state index contributed by atoms with van der Waals surface area (Å²) in [5.74, 6) is 0. The molecule has 0 radical (unpaired) electrons. The van der Waals surface area contributed by atoms with Gasteiger partial charge in [0.25, 0.3) is 0 Å². The summed E-state index contributed by atoms with van der Waals surface area (Å²) in [5.41, 5.74) is 2.28. The molecule has 0 heterocycles. The molecule has 0 saturated carbocycles. The van der Waals surface area contributed by atoms with Crippen molar-refractivity contribution in [3.05, 3.63) is 68.6 Å². The van der Waals surface area contributed by atoms with Crippen LogP contribution in [0.1, 0.15) is 11.1 Å². The Hall–Kier alpha value is -0.286. The minimum absolute atomic E-state index is 0.559. The number of halogens is 2. The lowest BCUT2D eigenvalue weighted by atomic mass is 10.2. The van der Waals surface area contributed by atoms with Crippen LogP contribution < -0.4 is 0 Å². The standard InChI is InChI=1S/C18H24Br2O3Si2/c1-24(2,21-13-15-5-9-17(19)10-6-15)23-25(3,4)22-14-16-7-11-18(20)12-8-16/h5-12H,13-14H2,1-4H3. The molecule has 0 N–H and O–H groups in total. The fraction of sp³-hybridized carbons (Fsp3) is 0.333. The number of rotatable bonds is 8. The quantitative estimate of drug-likeness (QED) is 0.392. The molecule has 2 rings (SSSR count). The number of hydrogen-bond donors (Lipinski definition) is 0. The summed E-state index contributed by atoms with van der Waals surface area (Å²) in [6, 6.07) is 16.3. The second-order valence-electron chi connectivity index (χ2n) is 6.73. The van der Waals surface area contributed by atoms with Crippen molar-refractivity contribution in [1.82, 2.24) is 0 Å². The average Bonchev–Trinajstić information content (AvgIpc) is 2.53. The van der Waals surface area contributed by atoms with E-state index in [1.807, 2.05) is 24.3 Å². The van der Waals surface area contributed by atoms with Gasteiger partial charge in [-0.05, 0) is 61.6 Å². The average molecular weight is 504 g/mol. The molecule has 2 aromatic carbocycles. The van der Waals surface area contributed by atoms with Gasteiger partial charge in [-0.25, -0.2) is 0 Å². The lowest BCUT2D eigenvalue weighted by Crippen LogP contribution is -2.48. The summed E-state index contributed by atoms with van der Waals surface area (Å²) < 4.78 is 20.7. The second kappa shape index (κ2) is 9.08. The Morgan fingerprint density at radius 3 is 1.28 bits per heavy atom. The third kappa shape index (κ3) is 7.86. The van der Waals surface area contributed by atoms with Crippen LogP contribution in [0.15, 0.2) is 57.5 Å². The van der Waals surface area contributed by atoms with E-state index in [-0.39, 0.29) is 0 Å². The van der Waals surface area contributed by atoms with Crippen molar-refractivity contribution in [2.75, 3.05) is 0 Å². The van der Waals surface area contributed by atoms with E-state index in [2.05, 4.69) is 82.3 Å². The van der Waals surface area contributed by atoms with Crippen LogP contribution >= 0.6 is 31.9 Å². The molecular weight excluding hydrogens is 480 g/mol. The predicted octanol–water partition coefficient (Wildman–Crippen LogP) is 6.37. The Balaban J connectivity index is 1.85. The molecule has 0 unspecified atom stereocenters. The Labute approximate surface area is 169 Å². The molecule has 0 saturated heterocycles. The van der Waals surface area contributed by atoms with Crippen molar-refractivity contribution in [2.45, 2.75) is 39.4 Å². The zero-order valence-corrected chi connectivity index (χ0v) is 20.2. The summed E-state index contributed by atoms with van der Waals surface area (Å²) in [6.45, 7) is 9.41. The first-order valence-corrected chi connectivity index (χ1v) is 15.3. The van der Waals surface area contributed by atoms with Crippen LogP contribution in [-0.4, -0.2) is 17.1 Å². The van der Waals surface area contributed by atoms with Gasteiger partial charge in [-0.2, -0.15) is 0 Å². The van der Waals surface area contributed by atoms with Crippen LogP contribution in [0.3, 0.4) is 0 Å². The smallest absolute Gasteiger partial charge is 0.323 e. The highest BCUT2D eigenvalue weighted by Crippen LogP contribution is 2.21. The van der Waals surface area contributed by atoms with Gasteiger partial charge in [0.15, 0.2) is 0 Å². The maximum absolute atomic E-state index is 6.33. The third-order valence-corrected chi connectivity index (χ3v) is 10.2. The molecule has 136 valence electrons. The molecule has 0 aliphatic heterocycles. The van der Waals surface area contributed by atoms with Gasteiger partial charge in [0.2, 0.25) is 0 Å². The van der Waals surface area contributed by atoms with Gasteiger partial charge in [-0.1, -0.05) is 56.1 Å². The van der Waals surface area contributed by atoms with Crippen LogP contribution in [0.25, 0.3) is 0 Å². The molecule has 7 heteroatoms. The van der Waals surface area contributed by atoms with E-state index >= 15 is 0 Å². The molecule has 0 bridgehead atoms. The third-order valence-electron chi connectivity index (χ3n) is 3.49. The van der Waals surface area contributed by atoms with Crippen molar-refractivity contribution in [2.24, 2.45) is 0 Å². The number of benzene rings is 2. The molecule has 0 amide bonds. The fourth-order valence-electron chi connectivity index (χ4n) is 2.33. The maximum Gasteiger partial charge on any atom is 0.323 e. The Kier molecular flexibility index (Phi) is 7.63. The van der Waals surface area contributed by atoms with Crippen molar-refractivity contribution < 1.29 is 13.0 Å². The highest BCUT2D eigenvalue weighted by molar-refractivity contribution is 9.10. The summed E-state index contributed by atoms with van der Waals surface area (Å²) in [4.78, 5) is 0. The summed E-state index contributed by atoms with van der Waals surface area (Å²) >= 11 is 6.89. The normalized spacial score (nSPS) is 12.4. The number of hydrogen-bond acceptors (Lipinski definition) is 3. The van der Waals surface area contributed by atoms with Gasteiger partial charge in [-0.3, -0.25) is 0 Å². The maximum atomic E-state index is 6.33. The summed E-state index contributed by atoms with van der Waals surface area (Å²) in [5, 5.41) is 0. The first kappa shape index (κ1) is 21.0. The highest BCUT2D eigenvalue weighted by atomic mass is 79.9. The van der Waals surface area contributed by atoms with Crippen LogP contribution in [0, 0.1) is 0 Å². The van der Waals surface area contributed by atoms with Gasteiger partial charge in [0.1, 0.15) is 0 Å². The largest absolute Gasteiger partial charge is 0.415 e. The van der Waals surface area contributed by atoms with E-state index in [4.69, 9.17) is 13.0 Å². The van der Waals surface area contributed by atoms with Crippen LogP contribution in [0.2, 0.25) is 26.2 Å². The Bertz CT molecular complexity index is 614. The topological polar surface area (TPSA) is 27.7 Å². The lowest BCUT2D eigenvalue weighted by molar-refractivity contribution is 0.184. The molecule has 0 aliphatic rings. The summed E-state index contributed by atoms with van der Waals surface area (Å²) in [6.07, 6.45) is 0. The molecule has 0 aromatic heterocycles. The molecular formula is C18H24Br2O3Si2. The molecule has 25 heavy (non-hydrogen) atoms. The van der Waals surface area contributed by atoms with Gasteiger partial charge >= 0.3 is 17.1 Å². The molecule has 0 spiro atoms. The highest BCUT2D eigenvalue weighted by Gasteiger charge is 2.36. The summed E-state index contributed by atoms with van der Waals surface area (Å²) in [7, 11) is -4.53. The van der Waals surface area contributed by atoms with E-state index in [0.717, 1.165) is 20.1 Å². The van der Waals surface area contributed by atoms with Crippen LogP contribution in [0.5, 0.6) is 0 Å². The molecule has 0 atom stereocenters. The van der Waals surface area contributed by atoms with Gasteiger partial charge in [0, 0.05) is 8.95 Å². The Morgan fingerprint density at radius 2 is 0.960 bits per heavy atom. The van der Waals surface area contributed by atoms with Crippen molar-refractivity contribution in [3.8, 4) is 0 Å². The monoisotopic (exact) mass is 502 g/mol. The molecule has 2 aromatic rings. The Morgan fingerprint density at radius 1 is 0.640 bits per heavy atom. The molecule has 0 fully saturated rings. The van der Waals surface area contributed by atoms with E-state index in [1.54, 1.807) is 0 Å². The molecule has 3 nitrogen and oxygen atoms in total. The van der Waals surface area contributed by atoms with Crippen molar-refractivity contribution >= 4 is 49.0 Å². The van der Waals surface area contributed by atoms with E-state index in [0.29, 0.717) is 13.2 Å². The zero-order valence-electron chi connectivity index (χ0n) is 15.0. The van der Waals surface area contributed by atoms with Crippen LogP contribution in [-0.2, 0) is 26.2 Å². The van der Waals surface area contributed by atoms with Gasteiger partial charge < -0.3 is 13.0 Å². The second-order valence-corrected chi connectivity index (χ2v) is 15.6. The molecule has 0 aliphatic carbocycles. The van der Waals surface area contributed by atoms with Crippen molar-refractivity contribution in [3.63, 3.8) is 0 Å². The van der Waals surface area contributed by atoms with E-state index < -0.39 is 17.1 Å². The predicted molar refractivity (Wildman–Crippen MR) is 114 cm³/mol. The van der Waals surface area contributed by atoms with Gasteiger partial charge in [0.05, 0.1) is 13.2 Å².